The molecule has 1 aliphatic rings. The molecular formula is C22H36O4. The molecule has 1 saturated carbocycles. The van der Waals surface area contributed by atoms with E-state index in [1.165, 1.54) is 7.11 Å². The largest absolute Gasteiger partial charge is 0.469 e. The summed E-state index contributed by atoms with van der Waals surface area (Å²) in [6.45, 7) is 4.24. The molecule has 0 aromatic heterocycles. The van der Waals surface area contributed by atoms with E-state index >= 15 is 0 Å². The molecule has 0 bridgehead atoms. The molecule has 0 spiro atoms. The number of rotatable bonds is 12. The van der Waals surface area contributed by atoms with Crippen molar-refractivity contribution in [1.29, 1.82) is 0 Å². The van der Waals surface area contributed by atoms with Crippen molar-refractivity contribution in [1.82, 2.24) is 0 Å². The third-order valence-corrected chi connectivity index (χ3v) is 5.34. The molecule has 1 rings (SSSR count). The van der Waals surface area contributed by atoms with Crippen molar-refractivity contribution in [2.24, 2.45) is 17.8 Å². The van der Waals surface area contributed by atoms with Gasteiger partial charge in [-0.05, 0) is 43.9 Å². The van der Waals surface area contributed by atoms with Crippen LogP contribution in [-0.2, 0) is 14.3 Å². The zero-order valence-electron chi connectivity index (χ0n) is 16.7. The molecule has 1 fully saturated rings. The smallest absolute Gasteiger partial charge is 0.305 e. The van der Waals surface area contributed by atoms with Gasteiger partial charge in [-0.1, -0.05) is 51.0 Å². The van der Waals surface area contributed by atoms with Crippen molar-refractivity contribution in [3.8, 4) is 0 Å². The van der Waals surface area contributed by atoms with Crippen LogP contribution in [0.15, 0.2) is 24.3 Å². The highest BCUT2D eigenvalue weighted by atomic mass is 16.5. The number of hydrogen-bond donors (Lipinski definition) is 1. The Morgan fingerprint density at radius 3 is 2.81 bits per heavy atom. The van der Waals surface area contributed by atoms with Crippen LogP contribution in [0.3, 0.4) is 0 Å². The molecule has 4 nitrogen and oxygen atoms in total. The van der Waals surface area contributed by atoms with Gasteiger partial charge >= 0.3 is 5.97 Å². The summed E-state index contributed by atoms with van der Waals surface area (Å²) in [6.07, 6.45) is 15.3. The van der Waals surface area contributed by atoms with E-state index in [-0.39, 0.29) is 23.7 Å². The molecule has 0 radical (unpaired) electrons. The number of hydrogen-bond acceptors (Lipinski definition) is 4. The first-order valence-electron chi connectivity index (χ1n) is 10.1. The van der Waals surface area contributed by atoms with Gasteiger partial charge < -0.3 is 9.84 Å². The van der Waals surface area contributed by atoms with E-state index in [2.05, 4.69) is 36.8 Å². The Labute approximate surface area is 158 Å². The second kappa shape index (κ2) is 12.9. The highest BCUT2D eigenvalue weighted by molar-refractivity contribution is 5.83. The van der Waals surface area contributed by atoms with Gasteiger partial charge in [0.05, 0.1) is 13.2 Å². The van der Waals surface area contributed by atoms with Crippen LogP contribution in [0.5, 0.6) is 0 Å². The molecule has 1 aliphatic carbocycles. The lowest BCUT2D eigenvalue weighted by atomic mass is 9.90. The lowest BCUT2D eigenvalue weighted by molar-refractivity contribution is -0.140. The molecule has 26 heavy (non-hydrogen) atoms. The molecule has 0 aliphatic heterocycles. The maximum Gasteiger partial charge on any atom is 0.305 e. The Morgan fingerprint density at radius 1 is 1.35 bits per heavy atom. The highest BCUT2D eigenvalue weighted by Gasteiger charge is 2.32. The zero-order valence-corrected chi connectivity index (χ0v) is 16.7. The molecule has 4 atom stereocenters. The summed E-state index contributed by atoms with van der Waals surface area (Å²) >= 11 is 0. The monoisotopic (exact) mass is 364 g/mol. The predicted molar refractivity (Wildman–Crippen MR) is 105 cm³/mol. The summed E-state index contributed by atoms with van der Waals surface area (Å²) in [5.41, 5.74) is 0. The first-order valence-corrected chi connectivity index (χ1v) is 10.1. The van der Waals surface area contributed by atoms with Crippen molar-refractivity contribution in [2.75, 3.05) is 7.11 Å². The number of carbonyl (C=O) groups excluding carboxylic acids is 2. The Balaban J connectivity index is 2.42. The Morgan fingerprint density at radius 2 is 2.12 bits per heavy atom. The molecule has 0 saturated heterocycles. The van der Waals surface area contributed by atoms with E-state index in [4.69, 9.17) is 0 Å². The van der Waals surface area contributed by atoms with Gasteiger partial charge in [-0.2, -0.15) is 0 Å². The summed E-state index contributed by atoms with van der Waals surface area (Å²) in [6, 6.07) is 0. The van der Waals surface area contributed by atoms with Crippen molar-refractivity contribution in [3.63, 3.8) is 0 Å². The maximum atomic E-state index is 12.2. The molecule has 148 valence electrons. The molecule has 0 aromatic carbocycles. The van der Waals surface area contributed by atoms with Crippen LogP contribution in [0.25, 0.3) is 0 Å². The summed E-state index contributed by atoms with van der Waals surface area (Å²) in [7, 11) is 1.40. The van der Waals surface area contributed by atoms with Crippen LogP contribution in [0.4, 0.5) is 0 Å². The van der Waals surface area contributed by atoms with Crippen LogP contribution >= 0.6 is 0 Å². The fourth-order valence-corrected chi connectivity index (χ4v) is 3.44. The van der Waals surface area contributed by atoms with Crippen LogP contribution in [-0.4, -0.2) is 30.1 Å². The third kappa shape index (κ3) is 8.31. The lowest BCUT2D eigenvalue weighted by Gasteiger charge is -2.17. The van der Waals surface area contributed by atoms with Gasteiger partial charge in [0.1, 0.15) is 5.78 Å². The van der Waals surface area contributed by atoms with Gasteiger partial charge in [0.15, 0.2) is 0 Å². The number of allylic oxidation sites excluding steroid dienone is 3. The first kappa shape index (κ1) is 22.6. The molecule has 4 heteroatoms. The second-order valence-corrected chi connectivity index (χ2v) is 7.45. The van der Waals surface area contributed by atoms with Gasteiger partial charge in [-0.15, -0.1) is 0 Å². The van der Waals surface area contributed by atoms with Crippen LogP contribution < -0.4 is 0 Å². The van der Waals surface area contributed by atoms with Gasteiger partial charge in [0.2, 0.25) is 0 Å². The highest BCUT2D eigenvalue weighted by Crippen LogP contribution is 2.33. The molecular weight excluding hydrogens is 328 g/mol. The number of ether oxygens (including phenoxy) is 1. The van der Waals surface area contributed by atoms with Crippen molar-refractivity contribution in [2.45, 2.75) is 77.7 Å². The van der Waals surface area contributed by atoms with Crippen molar-refractivity contribution >= 4 is 11.8 Å². The number of Topliss-reactive ketones (excluding diaryl/α,β-unsaturated/α-hetero) is 1. The Bertz CT molecular complexity index is 481. The molecule has 1 N–H and O–H groups in total. The second-order valence-electron chi connectivity index (χ2n) is 7.45. The van der Waals surface area contributed by atoms with Crippen molar-refractivity contribution < 1.29 is 19.4 Å². The maximum absolute atomic E-state index is 12.2. The van der Waals surface area contributed by atoms with Crippen molar-refractivity contribution in [3.05, 3.63) is 24.3 Å². The Kier molecular flexibility index (Phi) is 11.2. The quantitative estimate of drug-likeness (QED) is 0.312. The number of methoxy groups -OCH3 is 1. The summed E-state index contributed by atoms with van der Waals surface area (Å²) in [5, 5.41) is 10.3. The third-order valence-electron chi connectivity index (χ3n) is 5.34. The van der Waals surface area contributed by atoms with E-state index < -0.39 is 6.10 Å². The van der Waals surface area contributed by atoms with Crippen LogP contribution in [0.1, 0.15) is 71.6 Å². The number of unbranched alkanes of at least 4 members (excludes halogenated alkanes) is 2. The minimum atomic E-state index is -0.424. The summed E-state index contributed by atoms with van der Waals surface area (Å²) in [5.74, 6) is 0.668. The van der Waals surface area contributed by atoms with Gasteiger partial charge in [-0.3, -0.25) is 9.59 Å². The van der Waals surface area contributed by atoms with Gasteiger partial charge in [0.25, 0.3) is 0 Å². The predicted octanol–water partition coefficient (Wildman–Crippen LogP) is 4.61. The zero-order chi connectivity index (χ0) is 19.4. The minimum absolute atomic E-state index is 0.0289. The fourth-order valence-electron chi connectivity index (χ4n) is 3.44. The van der Waals surface area contributed by atoms with E-state index in [1.807, 2.05) is 6.08 Å². The molecule has 2 unspecified atom stereocenters. The normalized spacial score (nSPS) is 23.0. The van der Waals surface area contributed by atoms with Gasteiger partial charge in [0, 0.05) is 18.8 Å². The number of aliphatic hydroxyl groups is 1. The Hall–Kier alpha value is -1.42. The van der Waals surface area contributed by atoms with Crippen LogP contribution in [0, 0.1) is 17.8 Å². The number of ketones is 1. The number of esters is 1. The summed E-state index contributed by atoms with van der Waals surface area (Å²) < 4.78 is 4.61. The van der Waals surface area contributed by atoms with Gasteiger partial charge in [-0.25, -0.2) is 0 Å². The average Bonchev–Trinajstić information content (AvgIpc) is 2.99. The number of carbonyl (C=O) groups is 2. The molecule has 0 heterocycles. The van der Waals surface area contributed by atoms with Crippen LogP contribution in [0.2, 0.25) is 0 Å². The standard InChI is InChI=1S/C22H36O4/c1-4-5-10-17(2)20(23)15-13-18-14-16-21(24)19(18)11-8-6-7-9-12-22(25)26-3/h6,8,13,15,17-20,23H,4-5,7,9-12,14,16H2,1-3H3/t17?,18-,19+,20?/m1/s1. The van der Waals surface area contributed by atoms with E-state index in [1.54, 1.807) is 0 Å². The topological polar surface area (TPSA) is 63.6 Å². The molecule has 0 amide bonds. The summed E-state index contributed by atoms with van der Waals surface area (Å²) in [4.78, 5) is 23.2. The number of aliphatic hydroxyl groups excluding tert-OH is 1. The van der Waals surface area contributed by atoms with E-state index in [9.17, 15) is 14.7 Å². The SMILES string of the molecule is CCCCC(C)C(O)C=C[C@@H]1CCC(=O)[C@H]1CC=CCCCC(=O)OC. The first-order chi connectivity index (χ1) is 12.5. The fraction of sp³-hybridized carbons (Fsp3) is 0.727. The van der Waals surface area contributed by atoms with E-state index in [0.29, 0.717) is 18.6 Å². The van der Waals surface area contributed by atoms with E-state index in [0.717, 1.165) is 44.9 Å². The average molecular weight is 365 g/mol. The lowest BCUT2D eigenvalue weighted by Crippen LogP contribution is -2.16. The minimum Gasteiger partial charge on any atom is -0.469 e. The molecule has 0 aromatic rings.